The maximum Gasteiger partial charge on any atom is 0.311 e. The molecule has 0 fully saturated rings. The summed E-state index contributed by atoms with van der Waals surface area (Å²) in [7, 11) is 0. The zero-order valence-corrected chi connectivity index (χ0v) is 12.9. The highest BCUT2D eigenvalue weighted by Gasteiger charge is 2.16. The van der Waals surface area contributed by atoms with Crippen molar-refractivity contribution in [3.63, 3.8) is 0 Å². The van der Waals surface area contributed by atoms with Gasteiger partial charge in [-0.3, -0.25) is 10.1 Å². The molecule has 0 saturated heterocycles. The second kappa shape index (κ2) is 6.07. The van der Waals surface area contributed by atoms with Crippen LogP contribution in [-0.4, -0.2) is 25.0 Å². The standard InChI is InChI=1S/C16H15N5O3/c1-2-3-11-15-12(20-16(17)19-11)6-5-10(18-15)9-4-7-14(22)13(8-9)21(23)24/h4-8,22H,2-3H2,1H3,(H2,17,19,20). The first-order chi connectivity index (χ1) is 11.5. The molecular formula is C16H15N5O3. The second-order valence-electron chi connectivity index (χ2n) is 5.30. The molecule has 1 aromatic carbocycles. The first-order valence-electron chi connectivity index (χ1n) is 7.40. The number of anilines is 1. The first kappa shape index (κ1) is 15.6. The zero-order chi connectivity index (χ0) is 17.3. The van der Waals surface area contributed by atoms with Crippen molar-refractivity contribution < 1.29 is 10.0 Å². The molecule has 0 bridgehead atoms. The molecule has 0 atom stereocenters. The maximum absolute atomic E-state index is 11.0. The van der Waals surface area contributed by atoms with Gasteiger partial charge in [-0.15, -0.1) is 0 Å². The minimum Gasteiger partial charge on any atom is -0.502 e. The van der Waals surface area contributed by atoms with E-state index >= 15 is 0 Å². The van der Waals surface area contributed by atoms with Gasteiger partial charge in [0.15, 0.2) is 5.75 Å². The number of nitro groups is 1. The van der Waals surface area contributed by atoms with Gasteiger partial charge in [-0.05, 0) is 30.7 Å². The van der Waals surface area contributed by atoms with Gasteiger partial charge in [0, 0.05) is 11.6 Å². The van der Waals surface area contributed by atoms with Crippen LogP contribution in [0.3, 0.4) is 0 Å². The average Bonchev–Trinajstić information content (AvgIpc) is 2.55. The normalized spacial score (nSPS) is 10.9. The molecule has 3 rings (SSSR count). The zero-order valence-electron chi connectivity index (χ0n) is 12.9. The summed E-state index contributed by atoms with van der Waals surface area (Å²) in [5, 5.41) is 20.6. The molecule has 2 heterocycles. The number of fused-ring (bicyclic) bond motifs is 1. The fourth-order valence-electron chi connectivity index (χ4n) is 2.49. The van der Waals surface area contributed by atoms with Crippen LogP contribution < -0.4 is 5.73 Å². The number of aromatic nitrogens is 3. The first-order valence-corrected chi connectivity index (χ1v) is 7.40. The number of pyridine rings is 1. The van der Waals surface area contributed by atoms with Crippen LogP contribution in [0.4, 0.5) is 11.6 Å². The SMILES string of the molecule is CCCc1nc(N)nc2ccc(-c3ccc(O)c([N+](=O)[O-])c3)nc12. The Balaban J connectivity index is 2.17. The number of nitrogens with zero attached hydrogens (tertiary/aromatic N) is 4. The summed E-state index contributed by atoms with van der Waals surface area (Å²) in [6.07, 6.45) is 1.58. The van der Waals surface area contributed by atoms with E-state index in [-0.39, 0.29) is 17.4 Å². The summed E-state index contributed by atoms with van der Waals surface area (Å²) in [5.41, 5.74) is 8.42. The number of nitrogen functional groups attached to an aromatic ring is 1. The Bertz CT molecular complexity index is 942. The van der Waals surface area contributed by atoms with Gasteiger partial charge in [0.2, 0.25) is 5.95 Å². The number of phenols is 1. The Kier molecular flexibility index (Phi) is 3.95. The molecule has 0 aliphatic rings. The van der Waals surface area contributed by atoms with Crippen LogP contribution in [0.15, 0.2) is 30.3 Å². The van der Waals surface area contributed by atoms with Crippen LogP contribution in [0.25, 0.3) is 22.3 Å². The predicted octanol–water partition coefficient (Wildman–Crippen LogP) is 2.84. The molecule has 24 heavy (non-hydrogen) atoms. The number of benzene rings is 1. The van der Waals surface area contributed by atoms with Gasteiger partial charge in [-0.2, -0.15) is 0 Å². The molecule has 0 unspecified atom stereocenters. The third-order valence-corrected chi connectivity index (χ3v) is 3.59. The lowest BCUT2D eigenvalue weighted by Gasteiger charge is -2.08. The number of hydrogen-bond acceptors (Lipinski definition) is 7. The largest absolute Gasteiger partial charge is 0.502 e. The van der Waals surface area contributed by atoms with Crippen molar-refractivity contribution in [3.05, 3.63) is 46.1 Å². The minimum atomic E-state index is -0.633. The van der Waals surface area contributed by atoms with E-state index in [9.17, 15) is 15.2 Å². The molecule has 0 saturated carbocycles. The third-order valence-electron chi connectivity index (χ3n) is 3.59. The van der Waals surface area contributed by atoms with Crippen LogP contribution in [0.5, 0.6) is 5.75 Å². The summed E-state index contributed by atoms with van der Waals surface area (Å²) in [4.78, 5) is 23.3. The quantitative estimate of drug-likeness (QED) is 0.557. The fraction of sp³-hybridized carbons (Fsp3) is 0.188. The molecule has 2 aromatic heterocycles. The van der Waals surface area contributed by atoms with Crippen molar-refractivity contribution >= 4 is 22.7 Å². The number of phenolic OH excluding ortho intramolecular Hbond substituents is 1. The highest BCUT2D eigenvalue weighted by molar-refractivity contribution is 5.81. The van der Waals surface area contributed by atoms with Crippen molar-refractivity contribution in [1.29, 1.82) is 0 Å². The van der Waals surface area contributed by atoms with Crippen LogP contribution in [0.2, 0.25) is 0 Å². The van der Waals surface area contributed by atoms with Gasteiger partial charge in [-0.25, -0.2) is 15.0 Å². The van der Waals surface area contributed by atoms with Gasteiger partial charge in [0.25, 0.3) is 0 Å². The fourth-order valence-corrected chi connectivity index (χ4v) is 2.49. The molecule has 0 spiro atoms. The minimum absolute atomic E-state index is 0.195. The Morgan fingerprint density at radius 1 is 1.21 bits per heavy atom. The molecular weight excluding hydrogens is 310 g/mol. The van der Waals surface area contributed by atoms with Crippen molar-refractivity contribution in [1.82, 2.24) is 15.0 Å². The summed E-state index contributed by atoms with van der Waals surface area (Å²) >= 11 is 0. The number of nitrogens with two attached hydrogens (primary N) is 1. The summed E-state index contributed by atoms with van der Waals surface area (Å²) < 4.78 is 0. The number of rotatable bonds is 4. The van der Waals surface area contributed by atoms with Crippen molar-refractivity contribution in [2.75, 3.05) is 5.73 Å². The topological polar surface area (TPSA) is 128 Å². The molecule has 8 nitrogen and oxygen atoms in total. The lowest BCUT2D eigenvalue weighted by molar-refractivity contribution is -0.385. The molecule has 3 aromatic rings. The molecule has 122 valence electrons. The number of aromatic hydroxyl groups is 1. The smallest absolute Gasteiger partial charge is 0.311 e. The van der Waals surface area contributed by atoms with Crippen LogP contribution >= 0.6 is 0 Å². The molecule has 0 amide bonds. The summed E-state index contributed by atoms with van der Waals surface area (Å²) in [6.45, 7) is 2.03. The van der Waals surface area contributed by atoms with E-state index in [0.29, 0.717) is 28.7 Å². The van der Waals surface area contributed by atoms with Crippen molar-refractivity contribution in [2.24, 2.45) is 0 Å². The molecule has 0 radical (unpaired) electrons. The molecule has 0 aliphatic carbocycles. The maximum atomic E-state index is 11.0. The van der Waals surface area contributed by atoms with E-state index in [4.69, 9.17) is 5.73 Å². The Morgan fingerprint density at radius 3 is 2.71 bits per heavy atom. The molecule has 3 N–H and O–H groups in total. The van der Waals surface area contributed by atoms with E-state index in [1.165, 1.54) is 12.1 Å². The van der Waals surface area contributed by atoms with E-state index < -0.39 is 4.92 Å². The van der Waals surface area contributed by atoms with E-state index in [1.54, 1.807) is 18.2 Å². The number of nitro benzene ring substituents is 1. The Morgan fingerprint density at radius 2 is 2.00 bits per heavy atom. The lowest BCUT2D eigenvalue weighted by Crippen LogP contribution is -2.02. The van der Waals surface area contributed by atoms with Crippen LogP contribution in [0.1, 0.15) is 19.0 Å². The molecule has 8 heteroatoms. The summed E-state index contributed by atoms with van der Waals surface area (Å²) in [6, 6.07) is 7.62. The van der Waals surface area contributed by atoms with Crippen LogP contribution in [-0.2, 0) is 6.42 Å². The van der Waals surface area contributed by atoms with Gasteiger partial charge in [0.1, 0.15) is 5.52 Å². The van der Waals surface area contributed by atoms with Gasteiger partial charge in [-0.1, -0.05) is 13.3 Å². The van der Waals surface area contributed by atoms with Crippen LogP contribution in [0, 0.1) is 10.1 Å². The molecule has 0 aliphatic heterocycles. The highest BCUT2D eigenvalue weighted by Crippen LogP contribution is 2.31. The van der Waals surface area contributed by atoms with Gasteiger partial charge >= 0.3 is 5.69 Å². The van der Waals surface area contributed by atoms with E-state index in [2.05, 4.69) is 15.0 Å². The lowest BCUT2D eigenvalue weighted by atomic mass is 10.1. The van der Waals surface area contributed by atoms with E-state index in [1.807, 2.05) is 6.92 Å². The van der Waals surface area contributed by atoms with Crippen molar-refractivity contribution in [3.8, 4) is 17.0 Å². The Hall–Kier alpha value is -3.29. The summed E-state index contributed by atoms with van der Waals surface area (Å²) in [5.74, 6) is -0.187. The predicted molar refractivity (Wildman–Crippen MR) is 89.5 cm³/mol. The third kappa shape index (κ3) is 2.81. The average molecular weight is 325 g/mol. The number of hydrogen-bond donors (Lipinski definition) is 2. The monoisotopic (exact) mass is 325 g/mol. The van der Waals surface area contributed by atoms with Gasteiger partial charge < -0.3 is 10.8 Å². The van der Waals surface area contributed by atoms with Crippen molar-refractivity contribution in [2.45, 2.75) is 19.8 Å². The number of aryl methyl sites for hydroxylation is 1. The van der Waals surface area contributed by atoms with E-state index in [0.717, 1.165) is 12.1 Å². The second-order valence-corrected chi connectivity index (χ2v) is 5.30. The highest BCUT2D eigenvalue weighted by atomic mass is 16.6. The Labute approximate surface area is 137 Å². The van der Waals surface area contributed by atoms with Gasteiger partial charge in [0.05, 0.1) is 21.8 Å².